The fourth-order valence-corrected chi connectivity index (χ4v) is 3.66. The quantitative estimate of drug-likeness (QED) is 0.689. The van der Waals surface area contributed by atoms with E-state index in [4.69, 9.17) is 0 Å². The average Bonchev–Trinajstić information content (AvgIpc) is 2.67. The molecule has 1 aliphatic rings. The van der Waals surface area contributed by atoms with Crippen molar-refractivity contribution >= 4 is 22.1 Å². The average molecular weight is 316 g/mol. The van der Waals surface area contributed by atoms with Gasteiger partial charge in [0.15, 0.2) is 0 Å². The molecule has 0 spiro atoms. The van der Waals surface area contributed by atoms with E-state index in [9.17, 15) is 0 Å². The first-order chi connectivity index (χ1) is 11.9. The maximum absolute atomic E-state index is 3.54. The Morgan fingerprint density at radius 3 is 2.21 bits per heavy atom. The molecule has 4 rings (SSSR count). The lowest BCUT2D eigenvalue weighted by atomic mass is 10.0. The first-order valence-electron chi connectivity index (χ1n) is 8.96. The Morgan fingerprint density at radius 2 is 1.42 bits per heavy atom. The molecule has 3 aromatic carbocycles. The zero-order valence-corrected chi connectivity index (χ0v) is 14.0. The molecule has 122 valence electrons. The van der Waals surface area contributed by atoms with Crippen LogP contribution in [0.15, 0.2) is 66.7 Å². The van der Waals surface area contributed by atoms with Crippen molar-refractivity contribution in [3.63, 3.8) is 0 Å². The Hall–Kier alpha value is -2.48. The lowest BCUT2D eigenvalue weighted by molar-refractivity contribution is 0.579. The number of nitrogens with one attached hydrogen (secondary N) is 1. The fraction of sp³-hybridized carbons (Fsp3) is 0.273. The number of nitrogens with zero attached hydrogens (tertiary/aromatic N) is 1. The zero-order chi connectivity index (χ0) is 16.2. The molecule has 0 amide bonds. The summed E-state index contributed by atoms with van der Waals surface area (Å²) in [6, 6.07) is 23.9. The second-order valence-corrected chi connectivity index (χ2v) is 6.56. The summed E-state index contributed by atoms with van der Waals surface area (Å²) in [4.78, 5) is 2.56. The van der Waals surface area contributed by atoms with Gasteiger partial charge in [0.2, 0.25) is 0 Å². The van der Waals surface area contributed by atoms with E-state index in [0.717, 1.165) is 6.54 Å². The van der Waals surface area contributed by atoms with Gasteiger partial charge in [0.1, 0.15) is 0 Å². The van der Waals surface area contributed by atoms with Crippen LogP contribution in [-0.2, 0) is 6.54 Å². The van der Waals surface area contributed by atoms with Crippen molar-refractivity contribution in [1.29, 1.82) is 0 Å². The summed E-state index contributed by atoms with van der Waals surface area (Å²) in [7, 11) is 0. The molecule has 3 aromatic rings. The molecular formula is C22H24N2. The smallest absolute Gasteiger partial charge is 0.0446 e. The molecular weight excluding hydrogens is 292 g/mol. The highest BCUT2D eigenvalue weighted by Crippen LogP contribution is 2.31. The van der Waals surface area contributed by atoms with Crippen molar-refractivity contribution in [2.45, 2.75) is 25.8 Å². The maximum atomic E-state index is 3.54. The number of benzene rings is 3. The monoisotopic (exact) mass is 316 g/mol. The Morgan fingerprint density at radius 1 is 0.708 bits per heavy atom. The van der Waals surface area contributed by atoms with Gasteiger partial charge in [-0.25, -0.2) is 0 Å². The van der Waals surface area contributed by atoms with Crippen molar-refractivity contribution in [3.8, 4) is 0 Å². The molecule has 2 heteroatoms. The van der Waals surface area contributed by atoms with Gasteiger partial charge in [0.25, 0.3) is 0 Å². The van der Waals surface area contributed by atoms with E-state index in [1.807, 2.05) is 6.07 Å². The normalized spacial score (nSPS) is 14.8. The van der Waals surface area contributed by atoms with Crippen molar-refractivity contribution in [1.82, 2.24) is 0 Å². The first kappa shape index (κ1) is 15.1. The first-order valence-corrected chi connectivity index (χ1v) is 8.96. The molecule has 0 radical (unpaired) electrons. The van der Waals surface area contributed by atoms with Crippen LogP contribution in [0.3, 0.4) is 0 Å². The van der Waals surface area contributed by atoms with Gasteiger partial charge in [-0.3, -0.25) is 0 Å². The van der Waals surface area contributed by atoms with Crippen molar-refractivity contribution in [2.75, 3.05) is 23.3 Å². The summed E-state index contributed by atoms with van der Waals surface area (Å²) in [6.07, 6.45) is 3.99. The highest BCUT2D eigenvalue weighted by molar-refractivity contribution is 5.96. The summed E-state index contributed by atoms with van der Waals surface area (Å²) in [5.41, 5.74) is 3.92. The van der Waals surface area contributed by atoms with Crippen LogP contribution in [0.5, 0.6) is 0 Å². The Bertz CT molecular complexity index is 805. The number of hydrogen-bond acceptors (Lipinski definition) is 2. The number of piperidine rings is 1. The molecule has 0 aliphatic carbocycles. The van der Waals surface area contributed by atoms with E-state index in [0.29, 0.717) is 0 Å². The molecule has 2 nitrogen and oxygen atoms in total. The van der Waals surface area contributed by atoms with Gasteiger partial charge in [0, 0.05) is 36.4 Å². The molecule has 1 aliphatic heterocycles. The van der Waals surface area contributed by atoms with E-state index in [2.05, 4.69) is 70.9 Å². The Labute approximate surface area is 144 Å². The van der Waals surface area contributed by atoms with E-state index in [1.54, 1.807) is 0 Å². The van der Waals surface area contributed by atoms with Crippen LogP contribution in [0.4, 0.5) is 11.4 Å². The second kappa shape index (κ2) is 6.96. The highest BCUT2D eigenvalue weighted by atomic mass is 15.1. The van der Waals surface area contributed by atoms with E-state index in [1.165, 1.54) is 60.1 Å². The molecule has 0 aromatic heterocycles. The standard InChI is InChI=1S/C22H24N2/c1-3-9-19(10-4-1)23-17-18-13-14-22(24-15-7-2-8-16-24)21-12-6-5-11-20(18)21/h1,3-6,9-14,23H,2,7-8,15-17H2. The van der Waals surface area contributed by atoms with Crippen LogP contribution < -0.4 is 10.2 Å². The third-order valence-electron chi connectivity index (χ3n) is 4.94. The molecule has 0 bridgehead atoms. The second-order valence-electron chi connectivity index (χ2n) is 6.56. The Kier molecular flexibility index (Phi) is 4.37. The van der Waals surface area contributed by atoms with Crippen molar-refractivity contribution < 1.29 is 0 Å². The predicted molar refractivity (Wildman–Crippen MR) is 104 cm³/mol. The van der Waals surface area contributed by atoms with Gasteiger partial charge >= 0.3 is 0 Å². The van der Waals surface area contributed by atoms with Crippen molar-refractivity contribution in [2.24, 2.45) is 0 Å². The minimum absolute atomic E-state index is 0.852. The fourth-order valence-electron chi connectivity index (χ4n) is 3.66. The molecule has 1 N–H and O–H groups in total. The number of fused-ring (bicyclic) bond motifs is 1. The molecule has 1 heterocycles. The Balaban J connectivity index is 1.65. The molecule has 0 atom stereocenters. The highest BCUT2D eigenvalue weighted by Gasteiger charge is 2.14. The molecule has 0 unspecified atom stereocenters. The van der Waals surface area contributed by atoms with Crippen molar-refractivity contribution in [3.05, 3.63) is 72.3 Å². The van der Waals surface area contributed by atoms with Crippen LogP contribution in [0.2, 0.25) is 0 Å². The van der Waals surface area contributed by atoms with Gasteiger partial charge in [-0.15, -0.1) is 0 Å². The van der Waals surface area contributed by atoms with Gasteiger partial charge in [0.05, 0.1) is 0 Å². The molecule has 24 heavy (non-hydrogen) atoms. The lowest BCUT2D eigenvalue weighted by Gasteiger charge is -2.30. The van der Waals surface area contributed by atoms with Gasteiger partial charge < -0.3 is 10.2 Å². The minimum Gasteiger partial charge on any atom is -0.381 e. The van der Waals surface area contributed by atoms with Crippen LogP contribution in [0.1, 0.15) is 24.8 Å². The van der Waals surface area contributed by atoms with Gasteiger partial charge in [-0.05, 0) is 48.4 Å². The third-order valence-corrected chi connectivity index (χ3v) is 4.94. The zero-order valence-electron chi connectivity index (χ0n) is 14.0. The summed E-state index contributed by atoms with van der Waals surface area (Å²) in [5.74, 6) is 0. The van der Waals surface area contributed by atoms with Crippen LogP contribution >= 0.6 is 0 Å². The molecule has 1 saturated heterocycles. The SMILES string of the molecule is c1ccc(NCc2ccc(N3CCCCC3)c3ccccc23)cc1. The number of rotatable bonds is 4. The van der Waals surface area contributed by atoms with Crippen LogP contribution in [0, 0.1) is 0 Å². The third kappa shape index (κ3) is 3.09. The van der Waals surface area contributed by atoms with Gasteiger partial charge in [-0.2, -0.15) is 0 Å². The van der Waals surface area contributed by atoms with Crippen LogP contribution in [0.25, 0.3) is 10.8 Å². The molecule has 0 saturated carbocycles. The predicted octanol–water partition coefficient (Wildman–Crippen LogP) is 5.44. The number of anilines is 2. The summed E-state index contributed by atoms with van der Waals surface area (Å²) < 4.78 is 0. The molecule has 1 fully saturated rings. The van der Waals surface area contributed by atoms with E-state index >= 15 is 0 Å². The van der Waals surface area contributed by atoms with Crippen LogP contribution in [-0.4, -0.2) is 13.1 Å². The topological polar surface area (TPSA) is 15.3 Å². The number of para-hydroxylation sites is 1. The minimum atomic E-state index is 0.852. The van der Waals surface area contributed by atoms with E-state index < -0.39 is 0 Å². The summed E-state index contributed by atoms with van der Waals surface area (Å²) >= 11 is 0. The largest absolute Gasteiger partial charge is 0.381 e. The summed E-state index contributed by atoms with van der Waals surface area (Å²) in [6.45, 7) is 3.22. The number of hydrogen-bond donors (Lipinski definition) is 1. The van der Waals surface area contributed by atoms with Gasteiger partial charge in [-0.1, -0.05) is 48.5 Å². The summed E-state index contributed by atoms with van der Waals surface area (Å²) in [5, 5.41) is 6.28. The maximum Gasteiger partial charge on any atom is 0.0446 e. The lowest BCUT2D eigenvalue weighted by Crippen LogP contribution is -2.29. The van der Waals surface area contributed by atoms with E-state index in [-0.39, 0.29) is 0 Å².